The molecule has 0 saturated heterocycles. The van der Waals surface area contributed by atoms with Gasteiger partial charge in [0.05, 0.1) is 0 Å². The maximum Gasteiger partial charge on any atom is 0.0168 e. The summed E-state index contributed by atoms with van der Waals surface area (Å²) in [6.45, 7) is 2.22. The zero-order valence-electron chi connectivity index (χ0n) is 11.8. The van der Waals surface area contributed by atoms with Gasteiger partial charge in [-0.25, -0.2) is 8.78 Å². The fourth-order valence-corrected chi connectivity index (χ4v) is 2.12. The molecule has 0 N–H and O–H groups in total. The first-order valence-electron chi connectivity index (χ1n) is 7.10. The monoisotopic (exact) mass is 301 g/mol. The molecule has 0 saturated carbocycles. The molecular formula is C16H23F2Ti-. The van der Waals surface area contributed by atoms with Crippen LogP contribution < -0.4 is 0 Å². The van der Waals surface area contributed by atoms with E-state index in [1.54, 1.807) is 0 Å². The molecule has 0 aliphatic carbocycles. The predicted octanol–water partition coefficient (Wildman–Crippen LogP) is 5.45. The van der Waals surface area contributed by atoms with Crippen molar-refractivity contribution in [1.82, 2.24) is 0 Å². The van der Waals surface area contributed by atoms with Crippen molar-refractivity contribution >= 4 is 0 Å². The summed E-state index contributed by atoms with van der Waals surface area (Å²) in [6.07, 6.45) is 10.5. The van der Waals surface area contributed by atoms with E-state index in [1.165, 1.54) is 50.7 Å². The molecule has 0 nitrogen and oxygen atoms in total. The van der Waals surface area contributed by atoms with Gasteiger partial charge in [-0.05, 0) is 0 Å². The molecule has 0 aromatic heterocycles. The Bertz CT molecular complexity index is 340. The summed E-state index contributed by atoms with van der Waals surface area (Å²) in [5.41, 5.74) is 0.586. The Morgan fingerprint density at radius 2 is 1.47 bits per heavy atom. The first-order chi connectivity index (χ1) is 8.74. The summed E-state index contributed by atoms with van der Waals surface area (Å²) < 4.78 is 25.9. The van der Waals surface area contributed by atoms with Crippen LogP contribution in [0, 0.1) is 17.7 Å². The van der Waals surface area contributed by atoms with Gasteiger partial charge in [0.1, 0.15) is 0 Å². The summed E-state index contributed by atoms with van der Waals surface area (Å²) >= 11 is 0. The molecule has 0 fully saturated rings. The van der Waals surface area contributed by atoms with Crippen LogP contribution >= 0.6 is 0 Å². The number of hydrogen-bond donors (Lipinski definition) is 0. The van der Waals surface area contributed by atoms with Gasteiger partial charge in [-0.3, -0.25) is 0 Å². The molecule has 19 heavy (non-hydrogen) atoms. The van der Waals surface area contributed by atoms with Crippen LogP contribution in [-0.2, 0) is 28.1 Å². The minimum atomic E-state index is -0.618. The summed E-state index contributed by atoms with van der Waals surface area (Å²) in [4.78, 5) is 0. The number of aryl methyl sites for hydroxylation is 1. The smallest absolute Gasteiger partial charge is 0.0168 e. The zero-order chi connectivity index (χ0) is 13.2. The van der Waals surface area contributed by atoms with Gasteiger partial charge in [0.25, 0.3) is 0 Å². The standard InChI is InChI=1S/C16H23F2.Ti/c1-2-3-4-5-6-7-8-9-10-14-11-12-15(17)13-16(14)18;/h11-12H,2-10H2,1H3;/q-1;. The van der Waals surface area contributed by atoms with Crippen molar-refractivity contribution in [2.24, 2.45) is 0 Å². The second-order valence-corrected chi connectivity index (χ2v) is 4.87. The molecule has 1 rings (SSSR count). The summed E-state index contributed by atoms with van der Waals surface area (Å²) in [7, 11) is 0. The summed E-state index contributed by atoms with van der Waals surface area (Å²) in [5.74, 6) is -1.15. The molecule has 0 amide bonds. The first kappa shape index (κ1) is 18.8. The van der Waals surface area contributed by atoms with Crippen molar-refractivity contribution in [3.8, 4) is 0 Å². The Morgan fingerprint density at radius 1 is 0.895 bits per heavy atom. The molecule has 0 aliphatic rings. The SMILES string of the molecule is CCCCCCCCCCc1ccc(F)[c-]c1F.[Ti]. The van der Waals surface area contributed by atoms with Crippen molar-refractivity contribution in [3.63, 3.8) is 0 Å². The van der Waals surface area contributed by atoms with Crippen molar-refractivity contribution in [3.05, 3.63) is 35.4 Å². The molecule has 0 bridgehead atoms. The second kappa shape index (κ2) is 11.6. The van der Waals surface area contributed by atoms with E-state index in [0.29, 0.717) is 12.0 Å². The molecule has 0 aliphatic heterocycles. The Morgan fingerprint density at radius 3 is 2.05 bits per heavy atom. The summed E-state index contributed by atoms with van der Waals surface area (Å²) in [6, 6.07) is 4.89. The van der Waals surface area contributed by atoms with E-state index in [-0.39, 0.29) is 21.7 Å². The second-order valence-electron chi connectivity index (χ2n) is 4.87. The van der Waals surface area contributed by atoms with Crippen LogP contribution in [0.1, 0.15) is 63.9 Å². The van der Waals surface area contributed by atoms with Gasteiger partial charge in [-0.2, -0.15) is 6.07 Å². The van der Waals surface area contributed by atoms with Crippen LogP contribution in [0.4, 0.5) is 8.78 Å². The van der Waals surface area contributed by atoms with Gasteiger partial charge in [0, 0.05) is 33.4 Å². The van der Waals surface area contributed by atoms with Gasteiger partial charge in [0.15, 0.2) is 0 Å². The van der Waals surface area contributed by atoms with Crippen LogP contribution in [0.5, 0.6) is 0 Å². The number of hydrogen-bond acceptors (Lipinski definition) is 0. The normalized spacial score (nSPS) is 10.3. The molecule has 0 atom stereocenters. The van der Waals surface area contributed by atoms with Crippen molar-refractivity contribution in [2.45, 2.75) is 64.7 Å². The topological polar surface area (TPSA) is 0 Å². The minimum Gasteiger partial charge on any atom is -0.236 e. The molecule has 3 heteroatoms. The molecule has 0 spiro atoms. The largest absolute Gasteiger partial charge is 0.236 e. The Labute approximate surface area is 130 Å². The molecule has 0 unspecified atom stereocenters. The Kier molecular flexibility index (Phi) is 11.5. The van der Waals surface area contributed by atoms with Gasteiger partial charge in [-0.15, -0.1) is 17.7 Å². The fraction of sp³-hybridized carbons (Fsp3) is 0.625. The van der Waals surface area contributed by atoms with E-state index in [9.17, 15) is 8.78 Å². The molecule has 0 radical (unpaired) electrons. The van der Waals surface area contributed by atoms with Gasteiger partial charge >= 0.3 is 0 Å². The average Bonchev–Trinajstić information content (AvgIpc) is 2.35. The molecular weight excluding hydrogens is 278 g/mol. The predicted molar refractivity (Wildman–Crippen MR) is 71.5 cm³/mol. The van der Waals surface area contributed by atoms with Gasteiger partial charge in [-0.1, -0.05) is 64.7 Å². The van der Waals surface area contributed by atoms with E-state index in [4.69, 9.17) is 0 Å². The number of unbranched alkanes of at least 4 members (excludes halogenated alkanes) is 7. The molecule has 1 aromatic carbocycles. The maximum atomic E-state index is 13.3. The van der Waals surface area contributed by atoms with E-state index >= 15 is 0 Å². The quantitative estimate of drug-likeness (QED) is 0.323. The summed E-state index contributed by atoms with van der Waals surface area (Å²) in [5, 5.41) is 0. The van der Waals surface area contributed by atoms with Crippen LogP contribution in [0.25, 0.3) is 0 Å². The van der Waals surface area contributed by atoms with Crippen LogP contribution in [-0.4, -0.2) is 0 Å². The third-order valence-corrected chi connectivity index (χ3v) is 3.24. The Balaban J connectivity index is 0.00000324. The number of halogens is 2. The van der Waals surface area contributed by atoms with Gasteiger partial charge < -0.3 is 0 Å². The van der Waals surface area contributed by atoms with Crippen LogP contribution in [0.15, 0.2) is 12.1 Å². The Hall–Kier alpha value is -0.206. The number of rotatable bonds is 9. The molecule has 0 heterocycles. The van der Waals surface area contributed by atoms with E-state index in [2.05, 4.69) is 13.0 Å². The zero-order valence-corrected chi connectivity index (χ0v) is 13.3. The average molecular weight is 301 g/mol. The van der Waals surface area contributed by atoms with Crippen molar-refractivity contribution in [1.29, 1.82) is 0 Å². The van der Waals surface area contributed by atoms with Crippen LogP contribution in [0.3, 0.4) is 0 Å². The van der Waals surface area contributed by atoms with Crippen molar-refractivity contribution in [2.75, 3.05) is 0 Å². The van der Waals surface area contributed by atoms with Crippen molar-refractivity contribution < 1.29 is 30.5 Å². The molecule has 1 aromatic rings. The minimum absolute atomic E-state index is 0. The maximum absolute atomic E-state index is 13.3. The number of benzene rings is 1. The molecule has 106 valence electrons. The fourth-order valence-electron chi connectivity index (χ4n) is 2.12. The van der Waals surface area contributed by atoms with E-state index in [0.717, 1.165) is 12.8 Å². The van der Waals surface area contributed by atoms with E-state index in [1.807, 2.05) is 0 Å². The third-order valence-electron chi connectivity index (χ3n) is 3.24. The van der Waals surface area contributed by atoms with Gasteiger partial charge in [0.2, 0.25) is 0 Å². The first-order valence-corrected chi connectivity index (χ1v) is 7.10. The third kappa shape index (κ3) is 8.54. The van der Waals surface area contributed by atoms with E-state index < -0.39 is 11.6 Å². The van der Waals surface area contributed by atoms with Crippen LogP contribution in [0.2, 0.25) is 0 Å².